The first-order valence-corrected chi connectivity index (χ1v) is 11.9. The number of hydrogen-bond donors (Lipinski definition) is 1. The van der Waals surface area contributed by atoms with E-state index in [9.17, 15) is 8.42 Å². The van der Waals surface area contributed by atoms with Gasteiger partial charge in [0.05, 0.1) is 11.0 Å². The standard InChI is InChI=1S/C16H29NO6SSi/c1-5-21-25(22-6-2,23-7-3)13-12-16(20-4)14-8-10-15(11-9-14)24(17,18)19/h8-11,16H,5-7,12-13H2,1-4H3,(H2,17,18,19). The van der Waals surface area contributed by atoms with Crippen molar-refractivity contribution in [3.05, 3.63) is 29.8 Å². The Morgan fingerprint density at radius 3 is 1.84 bits per heavy atom. The lowest BCUT2D eigenvalue weighted by molar-refractivity contribution is 0.0575. The molecule has 25 heavy (non-hydrogen) atoms. The molecule has 0 saturated carbocycles. The monoisotopic (exact) mass is 391 g/mol. The Labute approximate surface area is 151 Å². The lowest BCUT2D eigenvalue weighted by Crippen LogP contribution is -2.46. The molecule has 0 bridgehead atoms. The Bertz CT molecular complexity index is 591. The number of primary sulfonamides is 1. The summed E-state index contributed by atoms with van der Waals surface area (Å²) >= 11 is 0. The van der Waals surface area contributed by atoms with Gasteiger partial charge in [-0.15, -0.1) is 0 Å². The Morgan fingerprint density at radius 2 is 1.48 bits per heavy atom. The van der Waals surface area contributed by atoms with E-state index in [-0.39, 0.29) is 11.0 Å². The second-order valence-electron chi connectivity index (χ2n) is 5.36. The fraction of sp³-hybridized carbons (Fsp3) is 0.625. The van der Waals surface area contributed by atoms with Crippen molar-refractivity contribution in [3.63, 3.8) is 0 Å². The summed E-state index contributed by atoms with van der Waals surface area (Å²) in [4.78, 5) is 0.0766. The number of ether oxygens (including phenoxy) is 1. The Balaban J connectivity index is 2.89. The largest absolute Gasteiger partial charge is 0.501 e. The van der Waals surface area contributed by atoms with E-state index in [4.69, 9.17) is 23.2 Å². The molecule has 0 spiro atoms. The number of hydrogen-bond acceptors (Lipinski definition) is 6. The van der Waals surface area contributed by atoms with Gasteiger partial charge in [0.2, 0.25) is 10.0 Å². The summed E-state index contributed by atoms with van der Waals surface area (Å²) in [5.41, 5.74) is 0.863. The minimum Gasteiger partial charge on any atom is -0.377 e. The normalized spacial score (nSPS) is 13.8. The van der Waals surface area contributed by atoms with Gasteiger partial charge in [0.25, 0.3) is 0 Å². The molecular formula is C16H29NO6SSi. The van der Waals surface area contributed by atoms with Crippen LogP contribution in [0.5, 0.6) is 0 Å². The third-order valence-electron chi connectivity index (χ3n) is 3.67. The fourth-order valence-electron chi connectivity index (χ4n) is 2.60. The third-order valence-corrected chi connectivity index (χ3v) is 7.69. The molecule has 0 aliphatic carbocycles. The van der Waals surface area contributed by atoms with Crippen LogP contribution >= 0.6 is 0 Å². The SMILES string of the molecule is CCO[Si](CCC(OC)c1ccc(S(N)(=O)=O)cc1)(OCC)OCC. The van der Waals surface area contributed by atoms with Gasteiger partial charge < -0.3 is 18.0 Å². The van der Waals surface area contributed by atoms with Crippen LogP contribution < -0.4 is 5.14 Å². The van der Waals surface area contributed by atoms with Gasteiger partial charge in [-0.3, -0.25) is 0 Å². The molecule has 0 amide bonds. The van der Waals surface area contributed by atoms with E-state index in [1.54, 1.807) is 19.2 Å². The first-order valence-electron chi connectivity index (χ1n) is 8.39. The van der Waals surface area contributed by atoms with E-state index in [1.807, 2.05) is 20.8 Å². The molecule has 7 nitrogen and oxygen atoms in total. The number of nitrogens with two attached hydrogens (primary N) is 1. The van der Waals surface area contributed by atoms with Gasteiger partial charge in [0.1, 0.15) is 0 Å². The van der Waals surface area contributed by atoms with Crippen molar-refractivity contribution in [3.8, 4) is 0 Å². The summed E-state index contributed by atoms with van der Waals surface area (Å²) in [5, 5.41) is 5.13. The molecule has 1 rings (SSSR count). The zero-order valence-electron chi connectivity index (χ0n) is 15.4. The maximum Gasteiger partial charge on any atom is 0.501 e. The van der Waals surface area contributed by atoms with Crippen molar-refractivity contribution in [1.29, 1.82) is 0 Å². The van der Waals surface area contributed by atoms with Gasteiger partial charge in [-0.2, -0.15) is 0 Å². The molecule has 0 radical (unpaired) electrons. The van der Waals surface area contributed by atoms with E-state index in [0.29, 0.717) is 32.3 Å². The van der Waals surface area contributed by atoms with Crippen LogP contribution in [0, 0.1) is 0 Å². The minimum absolute atomic E-state index is 0.0766. The highest BCUT2D eigenvalue weighted by atomic mass is 32.2. The van der Waals surface area contributed by atoms with E-state index in [1.165, 1.54) is 12.1 Å². The lowest BCUT2D eigenvalue weighted by Gasteiger charge is -2.29. The number of benzene rings is 1. The van der Waals surface area contributed by atoms with Crippen molar-refractivity contribution in [1.82, 2.24) is 0 Å². The van der Waals surface area contributed by atoms with Crippen molar-refractivity contribution < 1.29 is 26.4 Å². The van der Waals surface area contributed by atoms with E-state index >= 15 is 0 Å². The average Bonchev–Trinajstić information content (AvgIpc) is 2.56. The lowest BCUT2D eigenvalue weighted by atomic mass is 10.1. The molecule has 2 N–H and O–H groups in total. The summed E-state index contributed by atoms with van der Waals surface area (Å²) in [6, 6.07) is 6.99. The van der Waals surface area contributed by atoms with Gasteiger partial charge >= 0.3 is 8.80 Å². The highest BCUT2D eigenvalue weighted by molar-refractivity contribution is 7.89. The molecule has 0 fully saturated rings. The van der Waals surface area contributed by atoms with Gasteiger partial charge in [-0.25, -0.2) is 13.6 Å². The molecule has 0 aromatic heterocycles. The van der Waals surface area contributed by atoms with Gasteiger partial charge in [0.15, 0.2) is 0 Å². The zero-order chi connectivity index (χ0) is 18.9. The van der Waals surface area contributed by atoms with Crippen molar-refractivity contribution in [2.24, 2.45) is 5.14 Å². The molecule has 144 valence electrons. The minimum atomic E-state index is -3.70. The van der Waals surface area contributed by atoms with E-state index in [2.05, 4.69) is 0 Å². The average molecular weight is 392 g/mol. The van der Waals surface area contributed by atoms with Crippen LogP contribution in [0.2, 0.25) is 6.04 Å². The third kappa shape index (κ3) is 6.78. The summed E-state index contributed by atoms with van der Waals surface area (Å²) in [6.07, 6.45) is 0.417. The van der Waals surface area contributed by atoms with Gasteiger partial charge in [-0.05, 0) is 44.9 Å². The fourth-order valence-corrected chi connectivity index (χ4v) is 5.74. The number of methoxy groups -OCH3 is 1. The van der Waals surface area contributed by atoms with Gasteiger partial charge in [-0.1, -0.05) is 12.1 Å². The number of sulfonamides is 1. The summed E-state index contributed by atoms with van der Waals surface area (Å²) in [6.45, 7) is 7.31. The zero-order valence-corrected chi connectivity index (χ0v) is 17.2. The van der Waals surface area contributed by atoms with Crippen molar-refractivity contribution in [2.75, 3.05) is 26.9 Å². The summed E-state index contributed by atoms with van der Waals surface area (Å²) in [7, 11) is -4.83. The molecule has 1 unspecified atom stereocenters. The van der Waals surface area contributed by atoms with E-state index in [0.717, 1.165) is 5.56 Å². The molecule has 0 aliphatic heterocycles. The van der Waals surface area contributed by atoms with Crippen LogP contribution in [0.25, 0.3) is 0 Å². The van der Waals surface area contributed by atoms with Crippen LogP contribution in [0.1, 0.15) is 38.9 Å². The maximum atomic E-state index is 11.4. The molecule has 0 heterocycles. The van der Waals surface area contributed by atoms with Crippen molar-refractivity contribution >= 4 is 18.8 Å². The predicted octanol–water partition coefficient (Wildman–Crippen LogP) is 2.46. The van der Waals surface area contributed by atoms with Crippen LogP contribution in [0.15, 0.2) is 29.2 Å². The maximum absolute atomic E-state index is 11.4. The molecule has 0 saturated heterocycles. The van der Waals surface area contributed by atoms with Crippen LogP contribution in [-0.4, -0.2) is 44.2 Å². The van der Waals surface area contributed by atoms with E-state index < -0.39 is 18.8 Å². The first kappa shape index (κ1) is 22.2. The molecule has 1 atom stereocenters. The van der Waals surface area contributed by atoms with Crippen LogP contribution in [-0.2, 0) is 28.0 Å². The van der Waals surface area contributed by atoms with Crippen LogP contribution in [0.3, 0.4) is 0 Å². The topological polar surface area (TPSA) is 97.1 Å². The Hall–Kier alpha value is -0.813. The molecule has 1 aromatic carbocycles. The quantitative estimate of drug-likeness (QED) is 0.550. The highest BCUT2D eigenvalue weighted by Gasteiger charge is 2.40. The molecular weight excluding hydrogens is 362 g/mol. The number of rotatable bonds is 12. The summed E-state index contributed by atoms with van der Waals surface area (Å²) < 4.78 is 45.8. The first-order chi connectivity index (χ1) is 11.8. The smallest absolute Gasteiger partial charge is 0.377 e. The van der Waals surface area contributed by atoms with Crippen molar-refractivity contribution in [2.45, 2.75) is 44.2 Å². The summed E-state index contributed by atoms with van der Waals surface area (Å²) in [5.74, 6) is 0. The van der Waals surface area contributed by atoms with Crippen LogP contribution in [0.4, 0.5) is 0 Å². The molecule has 1 aromatic rings. The second-order valence-corrected chi connectivity index (χ2v) is 9.65. The predicted molar refractivity (Wildman–Crippen MR) is 97.6 cm³/mol. The molecule has 0 aliphatic rings. The highest BCUT2D eigenvalue weighted by Crippen LogP contribution is 2.28. The second kappa shape index (κ2) is 10.4. The Kier molecular flexibility index (Phi) is 9.21. The van der Waals surface area contributed by atoms with Gasteiger partial charge in [0, 0.05) is 33.0 Å². The molecule has 9 heteroatoms. The Morgan fingerprint density at radius 1 is 1.00 bits per heavy atom.